The molecule has 2 aliphatic rings. The van der Waals surface area contributed by atoms with Crippen LogP contribution in [-0.2, 0) is 11.2 Å². The Hall–Kier alpha value is -2.84. The number of hydrogen-bond donors (Lipinski definition) is 2. The number of hydrogen-bond acceptors (Lipinski definition) is 7. The molecule has 2 aromatic rings. The van der Waals surface area contributed by atoms with Gasteiger partial charge in [-0.3, -0.25) is 4.79 Å². The van der Waals surface area contributed by atoms with Crippen molar-refractivity contribution < 1.29 is 24.1 Å². The summed E-state index contributed by atoms with van der Waals surface area (Å²) >= 11 is 0. The average molecular weight is 413 g/mol. The lowest BCUT2D eigenvalue weighted by Crippen LogP contribution is -2.49. The summed E-state index contributed by atoms with van der Waals surface area (Å²) in [5, 5.41) is 13.0. The maximum atomic E-state index is 12.9. The second-order valence-corrected chi connectivity index (χ2v) is 7.63. The van der Waals surface area contributed by atoms with Crippen molar-refractivity contribution >= 4 is 11.7 Å². The molecule has 1 fully saturated rings. The molecule has 0 unspecified atom stereocenters. The molecule has 30 heavy (non-hydrogen) atoms. The van der Waals surface area contributed by atoms with Crippen molar-refractivity contribution in [2.45, 2.75) is 25.0 Å². The zero-order valence-corrected chi connectivity index (χ0v) is 17.3. The van der Waals surface area contributed by atoms with Gasteiger partial charge in [0, 0.05) is 25.6 Å². The predicted molar refractivity (Wildman–Crippen MR) is 111 cm³/mol. The van der Waals surface area contributed by atoms with E-state index in [4.69, 9.17) is 14.2 Å². The number of methoxy groups -OCH3 is 1. The normalized spacial score (nSPS) is 20.8. The fourth-order valence-corrected chi connectivity index (χ4v) is 3.70. The summed E-state index contributed by atoms with van der Waals surface area (Å²) in [6, 6.07) is 9.14. The van der Waals surface area contributed by atoms with E-state index in [0.717, 1.165) is 16.9 Å². The van der Waals surface area contributed by atoms with Gasteiger partial charge in [0.2, 0.25) is 0 Å². The molecule has 3 heterocycles. The molecule has 8 heteroatoms. The topological polar surface area (TPSA) is 93.2 Å². The molecule has 2 aliphatic heterocycles. The van der Waals surface area contributed by atoms with Crippen LogP contribution in [0.25, 0.3) is 0 Å². The Balaban J connectivity index is 1.63. The van der Waals surface area contributed by atoms with Gasteiger partial charge in [0.1, 0.15) is 18.1 Å². The summed E-state index contributed by atoms with van der Waals surface area (Å²) in [6.07, 6.45) is 0.477. The van der Waals surface area contributed by atoms with E-state index in [1.165, 1.54) is 0 Å². The second kappa shape index (κ2) is 8.89. The number of carbonyl (C=O) groups is 1. The molecule has 0 spiro atoms. The van der Waals surface area contributed by atoms with Gasteiger partial charge in [-0.05, 0) is 30.2 Å². The minimum Gasteiger partial charge on any atom is -0.497 e. The number of nitrogens with zero attached hydrogens (tertiary/aromatic N) is 2. The minimum absolute atomic E-state index is 0.291. The largest absolute Gasteiger partial charge is 0.497 e. The molecule has 4 rings (SSSR count). The third-order valence-corrected chi connectivity index (χ3v) is 5.49. The quantitative estimate of drug-likeness (QED) is 0.765. The molecule has 160 valence electrons. The van der Waals surface area contributed by atoms with E-state index in [9.17, 15) is 9.90 Å². The second-order valence-electron chi connectivity index (χ2n) is 7.63. The van der Waals surface area contributed by atoms with Crippen LogP contribution >= 0.6 is 0 Å². The number of aliphatic hydroxyl groups is 1. The fraction of sp³-hybridized carbons (Fsp3) is 0.455. The molecule has 1 aromatic heterocycles. The predicted octanol–water partition coefficient (Wildman–Crippen LogP) is 1.39. The highest BCUT2D eigenvalue weighted by molar-refractivity contribution is 5.93. The first kappa shape index (κ1) is 20.4. The SMILES string of the molecule is COc1ccc(Cc2cc(C(=O)N[C@@H]3COCC[C@@H]3O)nc3c2OCCN3C)cc1. The average Bonchev–Trinajstić information content (AvgIpc) is 2.76. The van der Waals surface area contributed by atoms with Crippen molar-refractivity contribution in [1.29, 1.82) is 0 Å². The third-order valence-electron chi connectivity index (χ3n) is 5.49. The smallest absolute Gasteiger partial charge is 0.270 e. The number of carbonyl (C=O) groups excluding carboxylic acids is 1. The molecule has 1 aromatic carbocycles. The van der Waals surface area contributed by atoms with E-state index < -0.39 is 12.1 Å². The van der Waals surface area contributed by atoms with Crippen LogP contribution in [0.4, 0.5) is 5.82 Å². The number of anilines is 1. The molecule has 1 amide bonds. The summed E-state index contributed by atoms with van der Waals surface area (Å²) in [4.78, 5) is 19.5. The van der Waals surface area contributed by atoms with Gasteiger partial charge in [0.05, 0.1) is 32.4 Å². The van der Waals surface area contributed by atoms with E-state index in [-0.39, 0.29) is 5.91 Å². The number of likely N-dealkylation sites (N-methyl/N-ethyl adjacent to an activating group) is 1. The Morgan fingerprint density at radius 1 is 1.33 bits per heavy atom. The number of nitrogens with one attached hydrogen (secondary N) is 1. The Labute approximate surface area is 175 Å². The standard InChI is InChI=1S/C22H27N3O5/c1-25-8-10-30-20-15(11-14-3-5-16(28-2)6-4-14)12-17(23-21(20)25)22(27)24-18-13-29-9-7-19(18)26/h3-6,12,18-19,26H,7-11,13H2,1-2H3,(H,24,27)/t18-,19+/m1/s1. The number of aliphatic hydroxyl groups excluding tert-OH is 1. The molecule has 0 radical (unpaired) electrons. The highest BCUT2D eigenvalue weighted by Crippen LogP contribution is 2.34. The van der Waals surface area contributed by atoms with E-state index >= 15 is 0 Å². The van der Waals surface area contributed by atoms with Crippen molar-refractivity contribution in [3.8, 4) is 11.5 Å². The van der Waals surface area contributed by atoms with Crippen LogP contribution in [0, 0.1) is 0 Å². The number of ether oxygens (including phenoxy) is 3. The first-order chi connectivity index (χ1) is 14.5. The van der Waals surface area contributed by atoms with E-state index in [0.29, 0.717) is 56.5 Å². The molecular formula is C22H27N3O5. The third kappa shape index (κ3) is 4.34. The van der Waals surface area contributed by atoms with Crippen molar-refractivity contribution in [1.82, 2.24) is 10.3 Å². The number of rotatable bonds is 5. The van der Waals surface area contributed by atoms with Gasteiger partial charge in [0.15, 0.2) is 11.6 Å². The molecular weight excluding hydrogens is 386 g/mol. The van der Waals surface area contributed by atoms with Crippen molar-refractivity contribution in [2.75, 3.05) is 45.4 Å². The van der Waals surface area contributed by atoms with Crippen LogP contribution in [0.3, 0.4) is 0 Å². The molecule has 2 atom stereocenters. The van der Waals surface area contributed by atoms with Gasteiger partial charge in [-0.2, -0.15) is 0 Å². The fourth-order valence-electron chi connectivity index (χ4n) is 3.70. The maximum absolute atomic E-state index is 12.9. The molecule has 0 aliphatic carbocycles. The van der Waals surface area contributed by atoms with Gasteiger partial charge < -0.3 is 29.5 Å². The lowest BCUT2D eigenvalue weighted by Gasteiger charge is -2.30. The van der Waals surface area contributed by atoms with Crippen LogP contribution in [0.1, 0.15) is 28.0 Å². The maximum Gasteiger partial charge on any atom is 0.270 e. The molecule has 1 saturated heterocycles. The van der Waals surface area contributed by atoms with Crippen molar-refractivity contribution in [3.05, 3.63) is 47.2 Å². The Morgan fingerprint density at radius 3 is 2.87 bits per heavy atom. The number of benzene rings is 1. The van der Waals surface area contributed by atoms with E-state index in [1.54, 1.807) is 13.2 Å². The zero-order chi connectivity index (χ0) is 21.1. The van der Waals surface area contributed by atoms with E-state index in [1.807, 2.05) is 36.2 Å². The highest BCUT2D eigenvalue weighted by Gasteiger charge is 2.28. The van der Waals surface area contributed by atoms with Gasteiger partial charge in [-0.25, -0.2) is 4.98 Å². The van der Waals surface area contributed by atoms with Crippen LogP contribution in [0.5, 0.6) is 11.5 Å². The zero-order valence-electron chi connectivity index (χ0n) is 17.3. The summed E-state index contributed by atoms with van der Waals surface area (Å²) < 4.78 is 16.5. The highest BCUT2D eigenvalue weighted by atomic mass is 16.5. The Bertz CT molecular complexity index is 902. The first-order valence-corrected chi connectivity index (χ1v) is 10.1. The lowest BCUT2D eigenvalue weighted by molar-refractivity contribution is -0.0140. The Morgan fingerprint density at radius 2 is 2.13 bits per heavy atom. The molecule has 8 nitrogen and oxygen atoms in total. The van der Waals surface area contributed by atoms with Crippen molar-refractivity contribution in [3.63, 3.8) is 0 Å². The molecule has 0 saturated carbocycles. The molecule has 2 N–H and O–H groups in total. The van der Waals surface area contributed by atoms with Gasteiger partial charge in [-0.1, -0.05) is 12.1 Å². The summed E-state index contributed by atoms with van der Waals surface area (Å²) in [6.45, 7) is 2.05. The number of amides is 1. The lowest BCUT2D eigenvalue weighted by atomic mass is 10.0. The summed E-state index contributed by atoms with van der Waals surface area (Å²) in [5.74, 6) is 1.82. The van der Waals surface area contributed by atoms with Crippen LogP contribution in [0.15, 0.2) is 30.3 Å². The Kier molecular flexibility index (Phi) is 6.06. The summed E-state index contributed by atoms with van der Waals surface area (Å²) in [7, 11) is 3.57. The minimum atomic E-state index is -0.620. The van der Waals surface area contributed by atoms with Gasteiger partial charge in [-0.15, -0.1) is 0 Å². The van der Waals surface area contributed by atoms with E-state index in [2.05, 4.69) is 10.3 Å². The van der Waals surface area contributed by atoms with Crippen LogP contribution in [0.2, 0.25) is 0 Å². The number of pyridine rings is 1. The van der Waals surface area contributed by atoms with Gasteiger partial charge in [0.25, 0.3) is 5.91 Å². The first-order valence-electron chi connectivity index (χ1n) is 10.1. The molecule has 0 bridgehead atoms. The number of fused-ring (bicyclic) bond motifs is 1. The monoisotopic (exact) mass is 413 g/mol. The van der Waals surface area contributed by atoms with Crippen LogP contribution in [-0.4, -0.2) is 68.7 Å². The summed E-state index contributed by atoms with van der Waals surface area (Å²) in [5.41, 5.74) is 2.26. The number of aromatic nitrogens is 1. The van der Waals surface area contributed by atoms with Gasteiger partial charge >= 0.3 is 0 Å². The van der Waals surface area contributed by atoms with Crippen LogP contribution < -0.4 is 19.7 Å². The van der Waals surface area contributed by atoms with Crippen molar-refractivity contribution in [2.24, 2.45) is 0 Å².